The van der Waals surface area contributed by atoms with E-state index >= 15 is 0 Å². The molecule has 0 saturated carbocycles. The molecule has 3 atom stereocenters. The molecule has 0 bridgehead atoms. The van der Waals surface area contributed by atoms with Crippen LogP contribution in [0, 0.1) is 0 Å². The van der Waals surface area contributed by atoms with E-state index in [0.717, 1.165) is 29.5 Å². The molecule has 8 nitrogen and oxygen atoms in total. The molecule has 0 aliphatic carbocycles. The Bertz CT molecular complexity index is 1170. The van der Waals surface area contributed by atoms with Gasteiger partial charge in [0.2, 0.25) is 0 Å². The summed E-state index contributed by atoms with van der Waals surface area (Å²) in [5.74, 6) is -1.39. The smallest absolute Gasteiger partial charge is 0.407 e. The van der Waals surface area contributed by atoms with Crippen LogP contribution in [0.5, 0.6) is 0 Å². The molecule has 0 aliphatic rings. The number of carbonyl (C=O) groups is 3. The number of alkyl carbamates (subject to hydrolysis) is 1. The number of esters is 1. The van der Waals surface area contributed by atoms with Crippen LogP contribution in [0.2, 0.25) is 0 Å². The topological polar surface area (TPSA) is 114 Å². The van der Waals surface area contributed by atoms with Crippen molar-refractivity contribution in [1.82, 2.24) is 10.6 Å². The van der Waals surface area contributed by atoms with Crippen molar-refractivity contribution in [3.8, 4) is 0 Å². The van der Waals surface area contributed by atoms with Gasteiger partial charge in [0.15, 0.2) is 6.10 Å². The zero-order valence-corrected chi connectivity index (χ0v) is 22.8. The second-order valence-corrected chi connectivity index (χ2v) is 9.60. The number of aliphatic hydroxyl groups is 1. The third-order valence-corrected chi connectivity index (χ3v) is 6.39. The van der Waals surface area contributed by atoms with Crippen molar-refractivity contribution in [1.29, 1.82) is 0 Å². The number of hydrogen-bond donors (Lipinski definition) is 3. The van der Waals surface area contributed by atoms with Crippen LogP contribution in [0.3, 0.4) is 0 Å². The Hall–Kier alpha value is -4.17. The zero-order valence-electron chi connectivity index (χ0n) is 22.8. The summed E-state index contributed by atoms with van der Waals surface area (Å²) in [5, 5.41) is 16.3. The highest BCUT2D eigenvalue weighted by molar-refractivity contribution is 5.88. The highest BCUT2D eigenvalue weighted by Crippen LogP contribution is 2.12. The average molecular weight is 547 g/mol. The van der Waals surface area contributed by atoms with Gasteiger partial charge in [0, 0.05) is 6.42 Å². The molecule has 0 unspecified atom stereocenters. The molecule has 3 aromatic carbocycles. The summed E-state index contributed by atoms with van der Waals surface area (Å²) < 4.78 is 10.8. The van der Waals surface area contributed by atoms with E-state index in [1.165, 1.54) is 0 Å². The van der Waals surface area contributed by atoms with Crippen LogP contribution in [-0.4, -0.2) is 41.3 Å². The van der Waals surface area contributed by atoms with E-state index in [4.69, 9.17) is 9.47 Å². The Kier molecular flexibility index (Phi) is 12.7. The molecule has 0 spiro atoms. The van der Waals surface area contributed by atoms with Crippen molar-refractivity contribution < 1.29 is 29.0 Å². The number of nitrogens with one attached hydrogen (secondary N) is 2. The van der Waals surface area contributed by atoms with Crippen molar-refractivity contribution in [3.63, 3.8) is 0 Å². The number of hydrogen-bond acceptors (Lipinski definition) is 6. The van der Waals surface area contributed by atoms with Gasteiger partial charge in [-0.2, -0.15) is 0 Å². The van der Waals surface area contributed by atoms with Gasteiger partial charge in [0.25, 0.3) is 5.91 Å². The van der Waals surface area contributed by atoms with Gasteiger partial charge in [0.05, 0.1) is 6.04 Å². The second kappa shape index (κ2) is 16.7. The van der Waals surface area contributed by atoms with Gasteiger partial charge in [-0.3, -0.25) is 4.79 Å². The quantitative estimate of drug-likeness (QED) is 0.188. The van der Waals surface area contributed by atoms with E-state index in [0.29, 0.717) is 12.8 Å². The SMILES string of the molecule is CCCCC[C@@H](NC(=O)OCc1ccccc1)[C@H](O)C(=O)N[C@@H](Cc1ccccc1)C(=O)OCc1ccccc1. The predicted octanol–water partition coefficient (Wildman–Crippen LogP) is 4.69. The van der Waals surface area contributed by atoms with E-state index in [-0.39, 0.29) is 19.6 Å². The predicted molar refractivity (Wildman–Crippen MR) is 152 cm³/mol. The Labute approximate surface area is 235 Å². The van der Waals surface area contributed by atoms with E-state index < -0.39 is 36.2 Å². The third kappa shape index (κ3) is 10.5. The minimum Gasteiger partial charge on any atom is -0.459 e. The number of aliphatic hydroxyl groups excluding tert-OH is 1. The van der Waals surface area contributed by atoms with Crippen molar-refractivity contribution >= 4 is 18.0 Å². The summed E-state index contributed by atoms with van der Waals surface area (Å²) in [7, 11) is 0. The maximum absolute atomic E-state index is 13.2. The highest BCUT2D eigenvalue weighted by atomic mass is 16.5. The van der Waals surface area contributed by atoms with Crippen molar-refractivity contribution in [2.24, 2.45) is 0 Å². The lowest BCUT2D eigenvalue weighted by molar-refractivity contribution is -0.150. The molecule has 0 radical (unpaired) electrons. The Morgan fingerprint density at radius 2 is 1.25 bits per heavy atom. The summed E-state index contributed by atoms with van der Waals surface area (Å²) in [6, 6.07) is 25.8. The lowest BCUT2D eigenvalue weighted by Gasteiger charge is -2.25. The molecule has 0 fully saturated rings. The number of rotatable bonds is 15. The van der Waals surface area contributed by atoms with Crippen molar-refractivity contribution in [2.75, 3.05) is 0 Å². The van der Waals surface area contributed by atoms with Crippen molar-refractivity contribution in [3.05, 3.63) is 108 Å². The Balaban J connectivity index is 1.66. The van der Waals surface area contributed by atoms with Gasteiger partial charge in [-0.05, 0) is 23.1 Å². The summed E-state index contributed by atoms with van der Waals surface area (Å²) in [6.45, 7) is 2.15. The number of ether oxygens (including phenoxy) is 2. The molecule has 0 aliphatic heterocycles. The van der Waals surface area contributed by atoms with Crippen LogP contribution < -0.4 is 10.6 Å². The minimum atomic E-state index is -1.60. The molecule has 0 heterocycles. The number of benzene rings is 3. The molecule has 212 valence electrons. The fraction of sp³-hybridized carbons (Fsp3) is 0.344. The molecule has 0 saturated heterocycles. The first-order valence-corrected chi connectivity index (χ1v) is 13.7. The van der Waals surface area contributed by atoms with E-state index in [2.05, 4.69) is 10.6 Å². The first kappa shape index (κ1) is 30.4. The number of amides is 2. The maximum Gasteiger partial charge on any atom is 0.407 e. The summed E-state index contributed by atoms with van der Waals surface area (Å²) in [6.07, 6.45) is 0.705. The minimum absolute atomic E-state index is 0.0534. The van der Waals surface area contributed by atoms with E-state index in [1.54, 1.807) is 0 Å². The molecular weight excluding hydrogens is 508 g/mol. The number of carbonyl (C=O) groups excluding carboxylic acids is 3. The summed E-state index contributed by atoms with van der Waals surface area (Å²) >= 11 is 0. The van der Waals surface area contributed by atoms with Crippen LogP contribution in [0.1, 0.15) is 49.3 Å². The lowest BCUT2D eigenvalue weighted by atomic mass is 10.0. The molecule has 3 aromatic rings. The van der Waals surface area contributed by atoms with Crippen molar-refractivity contribution in [2.45, 2.75) is 70.4 Å². The maximum atomic E-state index is 13.2. The second-order valence-electron chi connectivity index (χ2n) is 9.60. The van der Waals surface area contributed by atoms with Crippen LogP contribution in [0.4, 0.5) is 4.79 Å². The molecule has 0 aromatic heterocycles. The van der Waals surface area contributed by atoms with Gasteiger partial charge < -0.3 is 25.2 Å². The monoisotopic (exact) mass is 546 g/mol. The molecule has 3 N–H and O–H groups in total. The van der Waals surface area contributed by atoms with E-state index in [1.807, 2.05) is 97.9 Å². The lowest BCUT2D eigenvalue weighted by Crippen LogP contribution is -2.54. The fourth-order valence-electron chi connectivity index (χ4n) is 4.15. The van der Waals surface area contributed by atoms with Crippen LogP contribution >= 0.6 is 0 Å². The van der Waals surface area contributed by atoms with Gasteiger partial charge in [-0.15, -0.1) is 0 Å². The van der Waals surface area contributed by atoms with Gasteiger partial charge in [0.1, 0.15) is 19.3 Å². The number of unbranched alkanes of at least 4 members (excludes halogenated alkanes) is 2. The summed E-state index contributed by atoms with van der Waals surface area (Å²) in [4.78, 5) is 38.8. The van der Waals surface area contributed by atoms with Gasteiger partial charge in [-0.25, -0.2) is 9.59 Å². The molecule has 40 heavy (non-hydrogen) atoms. The summed E-state index contributed by atoms with van der Waals surface area (Å²) in [5.41, 5.74) is 2.45. The normalized spacial score (nSPS) is 12.9. The van der Waals surface area contributed by atoms with Gasteiger partial charge >= 0.3 is 12.1 Å². The van der Waals surface area contributed by atoms with Gasteiger partial charge in [-0.1, -0.05) is 117 Å². The molecule has 3 rings (SSSR count). The fourth-order valence-corrected chi connectivity index (χ4v) is 4.15. The zero-order chi connectivity index (χ0) is 28.6. The first-order chi connectivity index (χ1) is 19.5. The largest absolute Gasteiger partial charge is 0.459 e. The molecular formula is C32H38N2O6. The van der Waals surface area contributed by atoms with Crippen LogP contribution in [0.25, 0.3) is 0 Å². The van der Waals surface area contributed by atoms with Crippen LogP contribution in [0.15, 0.2) is 91.0 Å². The first-order valence-electron chi connectivity index (χ1n) is 13.7. The molecule has 2 amide bonds. The average Bonchev–Trinajstić information content (AvgIpc) is 2.99. The Morgan fingerprint density at radius 3 is 1.80 bits per heavy atom. The van der Waals surface area contributed by atoms with E-state index in [9.17, 15) is 19.5 Å². The Morgan fingerprint density at radius 1 is 0.725 bits per heavy atom. The molecule has 8 heteroatoms. The standard InChI is InChI=1S/C32H38N2O6/c1-2-3-7-20-27(34-32(38)40-23-26-18-12-6-13-19-26)29(35)30(36)33-28(21-24-14-8-4-9-15-24)31(37)39-22-25-16-10-5-11-17-25/h4-6,8-19,27-29,35H,2-3,7,20-23H2,1H3,(H,33,36)(H,34,38)/t27-,28+,29+/m1/s1. The third-order valence-electron chi connectivity index (χ3n) is 6.39. The highest BCUT2D eigenvalue weighted by Gasteiger charge is 2.31. The van der Waals surface area contributed by atoms with Crippen LogP contribution in [-0.2, 0) is 38.7 Å².